The van der Waals surface area contributed by atoms with Crippen molar-refractivity contribution in [1.82, 2.24) is 19.8 Å². The molecule has 4 rings (SSSR count). The molecule has 0 radical (unpaired) electrons. The van der Waals surface area contributed by atoms with Crippen molar-refractivity contribution in [3.63, 3.8) is 0 Å². The van der Waals surface area contributed by atoms with Crippen molar-refractivity contribution >= 4 is 11.8 Å². The van der Waals surface area contributed by atoms with Gasteiger partial charge in [0.05, 0.1) is 12.0 Å². The normalized spacial score (nSPS) is 22.1. The number of carbonyl (C=O) groups is 2. The molecule has 28 heavy (non-hydrogen) atoms. The Bertz CT molecular complexity index is 903. The summed E-state index contributed by atoms with van der Waals surface area (Å²) in [5, 5.41) is 3.04. The number of halogens is 2. The summed E-state index contributed by atoms with van der Waals surface area (Å²) in [6.07, 6.45) is 2.48. The van der Waals surface area contributed by atoms with Crippen LogP contribution in [0.5, 0.6) is 0 Å². The number of hydrogen-bond donors (Lipinski definition) is 1. The van der Waals surface area contributed by atoms with Crippen LogP contribution in [0.3, 0.4) is 0 Å². The van der Waals surface area contributed by atoms with Gasteiger partial charge < -0.3 is 19.2 Å². The van der Waals surface area contributed by atoms with E-state index in [1.807, 2.05) is 17.8 Å². The Hall–Kier alpha value is -2.71. The number of carbonyl (C=O) groups excluding carboxylic acids is 2. The number of hydrogen-bond acceptors (Lipinski definition) is 4. The summed E-state index contributed by atoms with van der Waals surface area (Å²) >= 11 is 0. The van der Waals surface area contributed by atoms with Crippen molar-refractivity contribution in [2.45, 2.75) is 38.2 Å². The summed E-state index contributed by atoms with van der Waals surface area (Å²) < 4.78 is 32.8. The zero-order chi connectivity index (χ0) is 20.0. The van der Waals surface area contributed by atoms with Crippen molar-refractivity contribution in [1.29, 1.82) is 0 Å². The first kappa shape index (κ1) is 18.6. The van der Waals surface area contributed by atoms with Gasteiger partial charge in [-0.1, -0.05) is 0 Å². The Labute approximate surface area is 160 Å². The predicted octanol–water partition coefficient (Wildman–Crippen LogP) is 2.39. The minimum absolute atomic E-state index is 0.00678. The second-order valence-corrected chi connectivity index (χ2v) is 7.56. The molecule has 0 unspecified atom stereocenters. The molecular weight excluding hydrogens is 370 g/mol. The molecule has 2 aromatic rings. The first-order valence-electron chi connectivity index (χ1n) is 9.30. The van der Waals surface area contributed by atoms with E-state index in [2.05, 4.69) is 10.3 Å². The number of furan rings is 1. The van der Waals surface area contributed by atoms with E-state index >= 15 is 0 Å². The number of likely N-dealkylation sites (tertiary alicyclic amines) is 1. The third kappa shape index (κ3) is 3.41. The lowest BCUT2D eigenvalue weighted by molar-refractivity contribution is -0.123. The van der Waals surface area contributed by atoms with Crippen LogP contribution in [0.2, 0.25) is 0 Å². The molecule has 150 valence electrons. The van der Waals surface area contributed by atoms with Crippen LogP contribution >= 0.6 is 0 Å². The Morgan fingerprint density at radius 3 is 2.64 bits per heavy atom. The average Bonchev–Trinajstić information content (AvgIpc) is 3.12. The molecule has 0 bridgehead atoms. The summed E-state index contributed by atoms with van der Waals surface area (Å²) in [6, 6.07) is 0.902. The van der Waals surface area contributed by atoms with Crippen LogP contribution in [0.4, 0.5) is 8.78 Å². The van der Waals surface area contributed by atoms with Gasteiger partial charge in [-0.3, -0.25) is 9.59 Å². The Morgan fingerprint density at radius 1 is 1.32 bits per heavy atom. The van der Waals surface area contributed by atoms with Crippen molar-refractivity contribution in [3.05, 3.63) is 41.4 Å². The van der Waals surface area contributed by atoms with Crippen LogP contribution < -0.4 is 5.32 Å². The first-order valence-corrected chi connectivity index (χ1v) is 9.30. The van der Waals surface area contributed by atoms with Crippen LogP contribution in [0.1, 0.15) is 52.9 Å². The zero-order valence-corrected chi connectivity index (χ0v) is 15.7. The van der Waals surface area contributed by atoms with Gasteiger partial charge in [-0.05, 0) is 25.8 Å². The van der Waals surface area contributed by atoms with Crippen LogP contribution in [0.25, 0.3) is 0 Å². The van der Waals surface area contributed by atoms with E-state index in [0.717, 1.165) is 18.7 Å². The lowest BCUT2D eigenvalue weighted by Crippen LogP contribution is -2.41. The van der Waals surface area contributed by atoms with E-state index in [1.54, 1.807) is 13.1 Å². The standard InChI is InChI=1S/C19H22F2N4O3/c1-10-7-14(16(20)21)28-15(10)19(27)25-8-12(17-22-5-6-24(17)2)13(9-25)23-18(26)11-3-4-11/h5-7,11-13,16H,3-4,8-9H2,1-2H3,(H,23,26)/t12-,13-/m1/s1. The van der Waals surface area contributed by atoms with Crippen molar-refractivity contribution in [3.8, 4) is 0 Å². The number of aromatic nitrogens is 2. The summed E-state index contributed by atoms with van der Waals surface area (Å²) in [5.74, 6) is -0.424. The smallest absolute Gasteiger partial charge is 0.295 e. The minimum atomic E-state index is -2.77. The molecule has 9 heteroatoms. The quantitative estimate of drug-likeness (QED) is 0.847. The molecule has 0 spiro atoms. The van der Waals surface area contributed by atoms with Gasteiger partial charge >= 0.3 is 0 Å². The maximum atomic E-state index is 12.9. The highest BCUT2D eigenvalue weighted by molar-refractivity contribution is 5.93. The van der Waals surface area contributed by atoms with Gasteiger partial charge in [0, 0.05) is 44.0 Å². The van der Waals surface area contributed by atoms with Crippen LogP contribution in [-0.2, 0) is 11.8 Å². The third-order valence-corrected chi connectivity index (χ3v) is 5.42. The number of aryl methyl sites for hydroxylation is 2. The maximum absolute atomic E-state index is 12.9. The number of nitrogens with one attached hydrogen (secondary N) is 1. The monoisotopic (exact) mass is 392 g/mol. The largest absolute Gasteiger partial charge is 0.450 e. The maximum Gasteiger partial charge on any atom is 0.295 e. The molecule has 1 saturated carbocycles. The van der Waals surface area contributed by atoms with Crippen molar-refractivity contribution in [2.75, 3.05) is 13.1 Å². The second kappa shape index (κ2) is 7.03. The van der Waals surface area contributed by atoms with E-state index in [4.69, 9.17) is 4.42 Å². The summed E-state index contributed by atoms with van der Waals surface area (Å²) in [4.78, 5) is 31.1. The molecule has 2 aromatic heterocycles. The molecule has 2 atom stereocenters. The molecule has 2 fully saturated rings. The van der Waals surface area contributed by atoms with Crippen LogP contribution in [-0.4, -0.2) is 45.4 Å². The third-order valence-electron chi connectivity index (χ3n) is 5.42. The highest BCUT2D eigenvalue weighted by Gasteiger charge is 2.42. The average molecular weight is 392 g/mol. The lowest BCUT2D eigenvalue weighted by atomic mass is 10.0. The fraction of sp³-hybridized carbons (Fsp3) is 0.526. The number of imidazole rings is 1. The molecule has 1 saturated heterocycles. The minimum Gasteiger partial charge on any atom is -0.450 e. The highest BCUT2D eigenvalue weighted by Crippen LogP contribution is 2.33. The molecule has 0 aromatic carbocycles. The molecule has 7 nitrogen and oxygen atoms in total. The van der Waals surface area contributed by atoms with Gasteiger partial charge in [0.2, 0.25) is 5.91 Å². The van der Waals surface area contributed by atoms with Crippen molar-refractivity contribution in [2.24, 2.45) is 13.0 Å². The first-order chi connectivity index (χ1) is 13.3. The number of amides is 2. The van der Waals surface area contributed by atoms with E-state index in [0.29, 0.717) is 12.1 Å². The summed E-state index contributed by atoms with van der Waals surface area (Å²) in [6.45, 7) is 2.17. The van der Waals surface area contributed by atoms with E-state index in [-0.39, 0.29) is 36.1 Å². The van der Waals surface area contributed by atoms with Gasteiger partial charge in [-0.2, -0.15) is 0 Å². The van der Waals surface area contributed by atoms with Gasteiger partial charge in [-0.25, -0.2) is 13.8 Å². The molecule has 1 aliphatic carbocycles. The van der Waals surface area contributed by atoms with Gasteiger partial charge in [0.15, 0.2) is 11.5 Å². The van der Waals surface area contributed by atoms with E-state index in [9.17, 15) is 18.4 Å². The predicted molar refractivity (Wildman–Crippen MR) is 94.9 cm³/mol. The number of rotatable bonds is 5. The van der Waals surface area contributed by atoms with Crippen LogP contribution in [0.15, 0.2) is 22.9 Å². The Kier molecular flexibility index (Phi) is 4.68. The SMILES string of the molecule is Cc1cc(C(F)F)oc1C(=O)N1C[C@@H](NC(=O)C2CC2)[C@H](c2nccn2C)C1. The molecule has 2 aliphatic rings. The second-order valence-electron chi connectivity index (χ2n) is 7.56. The zero-order valence-electron chi connectivity index (χ0n) is 15.7. The number of alkyl halides is 2. The molecule has 1 aliphatic heterocycles. The molecular formula is C19H22F2N4O3. The fourth-order valence-electron chi connectivity index (χ4n) is 3.73. The van der Waals surface area contributed by atoms with Gasteiger partial charge in [0.1, 0.15) is 5.82 Å². The van der Waals surface area contributed by atoms with Gasteiger partial charge in [0.25, 0.3) is 12.3 Å². The molecule has 2 amide bonds. The highest BCUT2D eigenvalue weighted by atomic mass is 19.3. The Morgan fingerprint density at radius 2 is 2.07 bits per heavy atom. The topological polar surface area (TPSA) is 80.4 Å². The van der Waals surface area contributed by atoms with Crippen molar-refractivity contribution < 1.29 is 22.8 Å². The van der Waals surface area contributed by atoms with E-state index < -0.39 is 18.1 Å². The summed E-state index contributed by atoms with van der Waals surface area (Å²) in [7, 11) is 1.86. The fourth-order valence-corrected chi connectivity index (χ4v) is 3.73. The van der Waals surface area contributed by atoms with E-state index in [1.165, 1.54) is 11.0 Å². The molecule has 3 heterocycles. The van der Waals surface area contributed by atoms with Gasteiger partial charge in [-0.15, -0.1) is 0 Å². The lowest BCUT2D eigenvalue weighted by Gasteiger charge is -2.19. The number of nitrogens with zero attached hydrogens (tertiary/aromatic N) is 3. The Balaban J connectivity index is 1.57. The van der Waals surface area contributed by atoms with Crippen LogP contribution in [0, 0.1) is 12.8 Å². The molecule has 1 N–H and O–H groups in total. The summed E-state index contributed by atoms with van der Waals surface area (Å²) in [5.41, 5.74) is 0.374.